The van der Waals surface area contributed by atoms with E-state index >= 15 is 0 Å². The van der Waals surface area contributed by atoms with Crippen LogP contribution in [0.5, 0.6) is 0 Å². The highest BCUT2D eigenvalue weighted by molar-refractivity contribution is 7.86. The van der Waals surface area contributed by atoms with E-state index in [1.165, 1.54) is 0 Å². The van der Waals surface area contributed by atoms with Gasteiger partial charge in [-0.2, -0.15) is 8.78 Å². The molecular formula is C8H17F2O4SSi-. The number of hydrogen-bond donors (Lipinski definition) is 0. The normalized spacial score (nSPS) is 14.1. The van der Waals surface area contributed by atoms with E-state index in [0.717, 1.165) is 0 Å². The van der Waals surface area contributed by atoms with Crippen LogP contribution in [-0.4, -0.2) is 33.7 Å². The summed E-state index contributed by atoms with van der Waals surface area (Å²) in [6.07, 6.45) is -0.459. The van der Waals surface area contributed by atoms with E-state index in [4.69, 9.17) is 4.43 Å². The molecule has 0 aliphatic heterocycles. The monoisotopic (exact) mass is 275 g/mol. The summed E-state index contributed by atoms with van der Waals surface area (Å²) in [6, 6.07) is 0.665. The summed E-state index contributed by atoms with van der Waals surface area (Å²) in [5, 5.41) is -4.15. The SMILES string of the molecule is CO[Si](C)(C)CCCCC(F)(F)S(=O)(=O)[O-]. The van der Waals surface area contributed by atoms with E-state index in [2.05, 4.69) is 0 Å². The van der Waals surface area contributed by atoms with E-state index in [-0.39, 0.29) is 6.42 Å². The molecule has 0 aliphatic carbocycles. The number of alkyl halides is 2. The van der Waals surface area contributed by atoms with Crippen molar-refractivity contribution in [3.63, 3.8) is 0 Å². The molecule has 16 heavy (non-hydrogen) atoms. The maximum atomic E-state index is 12.7. The summed E-state index contributed by atoms with van der Waals surface area (Å²) < 4.78 is 61.2. The topological polar surface area (TPSA) is 66.4 Å². The Kier molecular flexibility index (Phi) is 5.50. The molecule has 0 saturated heterocycles. The molecule has 0 heterocycles. The lowest BCUT2D eigenvalue weighted by atomic mass is 10.2. The van der Waals surface area contributed by atoms with Crippen LogP contribution in [0, 0.1) is 0 Å². The van der Waals surface area contributed by atoms with E-state index < -0.39 is 30.1 Å². The molecule has 98 valence electrons. The molecule has 0 atom stereocenters. The van der Waals surface area contributed by atoms with Gasteiger partial charge in [0.05, 0.1) is 0 Å². The molecular weight excluding hydrogens is 258 g/mol. The fraction of sp³-hybridized carbons (Fsp3) is 1.00. The summed E-state index contributed by atoms with van der Waals surface area (Å²) in [5.41, 5.74) is 0. The Balaban J connectivity index is 4.02. The summed E-state index contributed by atoms with van der Waals surface area (Å²) in [5.74, 6) is 0. The van der Waals surface area contributed by atoms with Gasteiger partial charge < -0.3 is 8.98 Å². The highest BCUT2D eigenvalue weighted by Crippen LogP contribution is 2.28. The Morgan fingerprint density at radius 3 is 2.19 bits per heavy atom. The first-order valence-corrected chi connectivity index (χ1v) is 9.43. The second kappa shape index (κ2) is 5.52. The van der Waals surface area contributed by atoms with Crippen molar-refractivity contribution in [2.24, 2.45) is 0 Å². The van der Waals surface area contributed by atoms with Gasteiger partial charge in [0.1, 0.15) is 0 Å². The summed E-state index contributed by atoms with van der Waals surface area (Å²) >= 11 is 0. The third kappa shape index (κ3) is 5.33. The number of hydrogen-bond acceptors (Lipinski definition) is 4. The molecule has 8 heteroatoms. The molecule has 0 amide bonds. The van der Waals surface area contributed by atoms with Crippen molar-refractivity contribution in [2.45, 2.75) is 43.7 Å². The van der Waals surface area contributed by atoms with Crippen molar-refractivity contribution in [3.05, 3.63) is 0 Å². The zero-order valence-corrected chi connectivity index (χ0v) is 11.4. The zero-order chi connectivity index (χ0) is 13.0. The molecule has 0 bridgehead atoms. The van der Waals surface area contributed by atoms with Gasteiger partial charge in [-0.05, 0) is 25.6 Å². The predicted molar refractivity (Wildman–Crippen MR) is 57.8 cm³/mol. The minimum Gasteiger partial charge on any atom is -0.743 e. The Morgan fingerprint density at radius 2 is 1.81 bits per heavy atom. The Hall–Kier alpha value is -0.0531. The van der Waals surface area contributed by atoms with Crippen LogP contribution < -0.4 is 0 Å². The Morgan fingerprint density at radius 1 is 1.31 bits per heavy atom. The molecule has 4 nitrogen and oxygen atoms in total. The fourth-order valence-corrected chi connectivity index (χ4v) is 2.81. The largest absolute Gasteiger partial charge is 0.743 e. The van der Waals surface area contributed by atoms with Crippen molar-refractivity contribution in [3.8, 4) is 0 Å². The quantitative estimate of drug-likeness (QED) is 0.405. The predicted octanol–water partition coefficient (Wildman–Crippen LogP) is 2.15. The van der Waals surface area contributed by atoms with Gasteiger partial charge in [-0.3, -0.25) is 0 Å². The number of halogens is 2. The summed E-state index contributed by atoms with van der Waals surface area (Å²) in [6.45, 7) is 3.88. The summed E-state index contributed by atoms with van der Waals surface area (Å²) in [4.78, 5) is 0. The molecule has 0 rings (SSSR count). The first kappa shape index (κ1) is 15.9. The van der Waals surface area contributed by atoms with Crippen LogP contribution in [0.4, 0.5) is 8.78 Å². The molecule has 0 fully saturated rings. The Bertz CT molecular complexity index is 316. The lowest BCUT2D eigenvalue weighted by molar-refractivity contribution is 0.0676. The average Bonchev–Trinajstić information content (AvgIpc) is 2.11. The molecule has 0 aliphatic rings. The number of unbranched alkanes of at least 4 members (excludes halogenated alkanes) is 1. The lowest BCUT2D eigenvalue weighted by Crippen LogP contribution is -2.30. The van der Waals surface area contributed by atoms with Crippen molar-refractivity contribution < 1.29 is 26.2 Å². The zero-order valence-electron chi connectivity index (χ0n) is 9.63. The van der Waals surface area contributed by atoms with Crippen LogP contribution in [0.1, 0.15) is 19.3 Å². The maximum absolute atomic E-state index is 12.7. The van der Waals surface area contributed by atoms with Gasteiger partial charge >= 0.3 is 5.25 Å². The van der Waals surface area contributed by atoms with Crippen LogP contribution in [0.2, 0.25) is 19.1 Å². The molecule has 0 spiro atoms. The third-order valence-electron chi connectivity index (χ3n) is 2.42. The molecule has 0 aromatic rings. The molecule has 0 saturated carbocycles. The van der Waals surface area contributed by atoms with Crippen LogP contribution in [0.15, 0.2) is 0 Å². The van der Waals surface area contributed by atoms with Crippen molar-refractivity contribution >= 4 is 18.4 Å². The average molecular weight is 275 g/mol. The first-order chi connectivity index (χ1) is 7.02. The van der Waals surface area contributed by atoms with E-state index in [1.807, 2.05) is 13.1 Å². The van der Waals surface area contributed by atoms with Crippen LogP contribution in [0.25, 0.3) is 0 Å². The van der Waals surface area contributed by atoms with Crippen molar-refractivity contribution in [2.75, 3.05) is 7.11 Å². The van der Waals surface area contributed by atoms with Gasteiger partial charge in [0.15, 0.2) is 18.4 Å². The van der Waals surface area contributed by atoms with Crippen LogP contribution >= 0.6 is 0 Å². The standard InChI is InChI=1S/C8H18F2O4SSi/c1-14-16(2,3)7-5-4-6-8(9,10)15(11,12)13/h4-7H2,1-3H3,(H,11,12,13)/p-1. The minimum atomic E-state index is -5.53. The van der Waals surface area contributed by atoms with Gasteiger partial charge in [-0.1, -0.05) is 6.42 Å². The van der Waals surface area contributed by atoms with Crippen LogP contribution in [-0.2, 0) is 14.5 Å². The molecule has 0 aromatic heterocycles. The van der Waals surface area contributed by atoms with Crippen molar-refractivity contribution in [1.82, 2.24) is 0 Å². The summed E-state index contributed by atoms with van der Waals surface area (Å²) in [7, 11) is -5.75. The highest BCUT2D eigenvalue weighted by atomic mass is 32.2. The second-order valence-electron chi connectivity index (χ2n) is 4.26. The van der Waals surface area contributed by atoms with Gasteiger partial charge in [0, 0.05) is 13.5 Å². The van der Waals surface area contributed by atoms with Gasteiger partial charge in [0.2, 0.25) is 0 Å². The van der Waals surface area contributed by atoms with E-state index in [9.17, 15) is 21.8 Å². The maximum Gasteiger partial charge on any atom is 0.334 e. The fourth-order valence-electron chi connectivity index (χ4n) is 1.11. The van der Waals surface area contributed by atoms with Gasteiger partial charge in [-0.15, -0.1) is 0 Å². The highest BCUT2D eigenvalue weighted by Gasteiger charge is 2.36. The Labute approximate surface area is 95.9 Å². The van der Waals surface area contributed by atoms with E-state index in [0.29, 0.717) is 12.5 Å². The first-order valence-electron chi connectivity index (χ1n) is 4.90. The molecule has 0 aromatic carbocycles. The number of rotatable bonds is 7. The smallest absolute Gasteiger partial charge is 0.334 e. The minimum absolute atomic E-state index is 0.00819. The van der Waals surface area contributed by atoms with Crippen LogP contribution in [0.3, 0.4) is 0 Å². The van der Waals surface area contributed by atoms with Crippen molar-refractivity contribution in [1.29, 1.82) is 0 Å². The molecule has 0 unspecified atom stereocenters. The third-order valence-corrected chi connectivity index (χ3v) is 6.01. The molecule has 0 N–H and O–H groups in total. The second-order valence-corrected chi connectivity index (χ2v) is 10.2. The van der Waals surface area contributed by atoms with Gasteiger partial charge in [-0.25, -0.2) is 8.42 Å². The molecule has 0 radical (unpaired) electrons. The van der Waals surface area contributed by atoms with E-state index in [1.54, 1.807) is 7.11 Å². The lowest BCUT2D eigenvalue weighted by Gasteiger charge is -2.22. The van der Waals surface area contributed by atoms with Gasteiger partial charge in [0.25, 0.3) is 0 Å².